The molecular formula is C23H30N2O2. The van der Waals surface area contributed by atoms with Crippen LogP contribution in [-0.2, 0) is 4.79 Å². The molecule has 0 aliphatic carbocycles. The van der Waals surface area contributed by atoms with Crippen molar-refractivity contribution in [2.45, 2.75) is 39.7 Å². The van der Waals surface area contributed by atoms with Crippen LogP contribution in [0, 0.1) is 6.92 Å². The Kier molecular flexibility index (Phi) is 6.04. The highest BCUT2D eigenvalue weighted by Crippen LogP contribution is 2.25. The van der Waals surface area contributed by atoms with Crippen molar-refractivity contribution in [2.24, 2.45) is 0 Å². The van der Waals surface area contributed by atoms with Gasteiger partial charge >= 0.3 is 0 Å². The number of hydrogen-bond donors (Lipinski definition) is 0. The maximum absolute atomic E-state index is 12.9. The van der Waals surface area contributed by atoms with Crippen molar-refractivity contribution in [1.29, 1.82) is 0 Å². The predicted molar refractivity (Wildman–Crippen MR) is 111 cm³/mol. The van der Waals surface area contributed by atoms with Gasteiger partial charge in [0.15, 0.2) is 6.10 Å². The maximum atomic E-state index is 12.9. The van der Waals surface area contributed by atoms with Crippen LogP contribution in [0.5, 0.6) is 5.75 Å². The molecule has 1 unspecified atom stereocenters. The van der Waals surface area contributed by atoms with Gasteiger partial charge in [0.1, 0.15) is 5.75 Å². The summed E-state index contributed by atoms with van der Waals surface area (Å²) in [5, 5.41) is 0. The van der Waals surface area contributed by atoms with Crippen LogP contribution in [-0.4, -0.2) is 43.1 Å². The number of ether oxygens (including phenoxy) is 1. The average molecular weight is 367 g/mol. The fraction of sp³-hybridized carbons (Fsp3) is 0.435. The summed E-state index contributed by atoms with van der Waals surface area (Å²) in [5.41, 5.74) is 3.51. The number of piperazine rings is 1. The van der Waals surface area contributed by atoms with Crippen molar-refractivity contribution in [3.05, 3.63) is 59.7 Å². The van der Waals surface area contributed by atoms with Crippen molar-refractivity contribution < 1.29 is 9.53 Å². The van der Waals surface area contributed by atoms with E-state index in [1.54, 1.807) is 0 Å². The molecule has 2 aromatic carbocycles. The highest BCUT2D eigenvalue weighted by Gasteiger charge is 2.26. The van der Waals surface area contributed by atoms with Crippen LogP contribution in [0.4, 0.5) is 5.69 Å². The third-order valence-corrected chi connectivity index (χ3v) is 5.24. The van der Waals surface area contributed by atoms with Gasteiger partial charge in [-0.3, -0.25) is 4.79 Å². The van der Waals surface area contributed by atoms with Crippen molar-refractivity contribution in [2.75, 3.05) is 31.1 Å². The van der Waals surface area contributed by atoms with Crippen molar-refractivity contribution in [3.8, 4) is 5.75 Å². The molecule has 4 heteroatoms. The number of carbonyl (C=O) groups is 1. The second-order valence-corrected chi connectivity index (χ2v) is 7.59. The molecule has 0 radical (unpaired) electrons. The van der Waals surface area contributed by atoms with Gasteiger partial charge in [-0.25, -0.2) is 0 Å². The molecule has 1 atom stereocenters. The van der Waals surface area contributed by atoms with Crippen molar-refractivity contribution >= 4 is 11.6 Å². The highest BCUT2D eigenvalue weighted by atomic mass is 16.5. The molecule has 1 fully saturated rings. The monoisotopic (exact) mass is 366 g/mol. The number of aryl methyl sites for hydroxylation is 1. The van der Waals surface area contributed by atoms with E-state index in [0.29, 0.717) is 5.92 Å². The van der Waals surface area contributed by atoms with Crippen LogP contribution in [0.1, 0.15) is 37.8 Å². The third kappa shape index (κ3) is 4.62. The Morgan fingerprint density at radius 2 is 1.63 bits per heavy atom. The summed E-state index contributed by atoms with van der Waals surface area (Å²) >= 11 is 0. The number of carbonyl (C=O) groups excluding carboxylic acids is 1. The van der Waals surface area contributed by atoms with Crippen LogP contribution in [0.15, 0.2) is 48.5 Å². The van der Waals surface area contributed by atoms with Crippen LogP contribution in [0.2, 0.25) is 0 Å². The Morgan fingerprint density at radius 1 is 0.963 bits per heavy atom. The first-order valence-corrected chi connectivity index (χ1v) is 9.81. The first-order valence-electron chi connectivity index (χ1n) is 9.81. The first-order chi connectivity index (χ1) is 13.0. The number of hydrogen-bond acceptors (Lipinski definition) is 3. The molecule has 144 valence electrons. The second-order valence-electron chi connectivity index (χ2n) is 7.59. The van der Waals surface area contributed by atoms with Crippen LogP contribution in [0.3, 0.4) is 0 Å². The third-order valence-electron chi connectivity index (χ3n) is 5.24. The number of rotatable bonds is 5. The van der Waals surface area contributed by atoms with E-state index in [1.807, 2.05) is 24.8 Å². The minimum atomic E-state index is -0.477. The van der Waals surface area contributed by atoms with Gasteiger partial charge in [0.2, 0.25) is 0 Å². The number of anilines is 1. The molecule has 1 amide bonds. The van der Waals surface area contributed by atoms with E-state index in [0.717, 1.165) is 37.5 Å². The molecule has 1 aliphatic heterocycles. The summed E-state index contributed by atoms with van der Waals surface area (Å²) < 4.78 is 6.06. The van der Waals surface area contributed by atoms with Crippen LogP contribution in [0.25, 0.3) is 0 Å². The molecule has 0 N–H and O–H groups in total. The molecule has 1 aliphatic rings. The van der Waals surface area contributed by atoms with Gasteiger partial charge in [0.25, 0.3) is 5.91 Å². The normalized spacial score (nSPS) is 15.7. The van der Waals surface area contributed by atoms with Gasteiger partial charge in [0.05, 0.1) is 0 Å². The molecule has 3 rings (SSSR count). The number of amides is 1. The zero-order valence-electron chi connectivity index (χ0n) is 16.8. The standard InChI is InChI=1S/C23H30N2O2/c1-17(2)20-11-10-18(3)22(16-20)27-19(4)23(26)25-14-12-24(13-15-25)21-8-6-5-7-9-21/h5-11,16-17,19H,12-15H2,1-4H3. The van der Waals surface area contributed by atoms with E-state index in [-0.39, 0.29) is 5.91 Å². The largest absolute Gasteiger partial charge is 0.481 e. The smallest absolute Gasteiger partial charge is 0.263 e. The molecule has 0 saturated carbocycles. The predicted octanol–water partition coefficient (Wildman–Crippen LogP) is 4.23. The molecule has 4 nitrogen and oxygen atoms in total. The van der Waals surface area contributed by atoms with Crippen LogP contribution >= 0.6 is 0 Å². The average Bonchev–Trinajstić information content (AvgIpc) is 2.69. The summed E-state index contributed by atoms with van der Waals surface area (Å²) in [6.45, 7) is 11.4. The number of para-hydroxylation sites is 1. The summed E-state index contributed by atoms with van der Waals surface area (Å²) in [7, 11) is 0. The van der Waals surface area contributed by atoms with Gasteiger partial charge in [0, 0.05) is 31.9 Å². The van der Waals surface area contributed by atoms with Crippen molar-refractivity contribution in [1.82, 2.24) is 4.90 Å². The lowest BCUT2D eigenvalue weighted by Gasteiger charge is -2.37. The van der Waals surface area contributed by atoms with Crippen molar-refractivity contribution in [3.63, 3.8) is 0 Å². The maximum Gasteiger partial charge on any atom is 0.263 e. The van der Waals surface area contributed by atoms with E-state index in [2.05, 4.69) is 61.2 Å². The zero-order valence-corrected chi connectivity index (χ0v) is 16.8. The van der Waals surface area contributed by atoms with E-state index in [1.165, 1.54) is 11.3 Å². The molecule has 0 spiro atoms. The number of nitrogens with zero attached hydrogens (tertiary/aromatic N) is 2. The fourth-order valence-electron chi connectivity index (χ4n) is 3.42. The molecule has 0 bridgehead atoms. The Hall–Kier alpha value is -2.49. The topological polar surface area (TPSA) is 32.8 Å². The Bertz CT molecular complexity index is 765. The molecule has 1 heterocycles. The van der Waals surface area contributed by atoms with E-state index in [9.17, 15) is 4.79 Å². The second kappa shape index (κ2) is 8.47. The Balaban J connectivity index is 1.59. The quantitative estimate of drug-likeness (QED) is 0.794. The molecule has 1 saturated heterocycles. The molecule has 2 aromatic rings. The van der Waals surface area contributed by atoms with Gasteiger partial charge < -0.3 is 14.5 Å². The lowest BCUT2D eigenvalue weighted by Crippen LogP contribution is -2.52. The summed E-state index contributed by atoms with van der Waals surface area (Å²) in [4.78, 5) is 17.1. The Labute approximate surface area is 162 Å². The Morgan fingerprint density at radius 3 is 2.26 bits per heavy atom. The molecule has 27 heavy (non-hydrogen) atoms. The SMILES string of the molecule is Cc1ccc(C(C)C)cc1OC(C)C(=O)N1CCN(c2ccccc2)CC1. The van der Waals surface area contributed by atoms with Gasteiger partial charge in [-0.15, -0.1) is 0 Å². The zero-order chi connectivity index (χ0) is 19.4. The van der Waals surface area contributed by atoms with Gasteiger partial charge in [-0.1, -0.05) is 44.2 Å². The summed E-state index contributed by atoms with van der Waals surface area (Å²) in [6.07, 6.45) is -0.477. The van der Waals surface area contributed by atoms with Crippen LogP contribution < -0.4 is 9.64 Å². The van der Waals surface area contributed by atoms with Gasteiger partial charge in [-0.05, 0) is 49.1 Å². The lowest BCUT2D eigenvalue weighted by atomic mass is 10.0. The van der Waals surface area contributed by atoms with E-state index >= 15 is 0 Å². The first kappa shape index (κ1) is 19.3. The number of benzene rings is 2. The fourth-order valence-corrected chi connectivity index (χ4v) is 3.42. The lowest BCUT2D eigenvalue weighted by molar-refractivity contribution is -0.138. The van der Waals surface area contributed by atoms with E-state index in [4.69, 9.17) is 4.74 Å². The van der Waals surface area contributed by atoms with Gasteiger partial charge in [-0.2, -0.15) is 0 Å². The highest BCUT2D eigenvalue weighted by molar-refractivity contribution is 5.81. The molecule has 0 aromatic heterocycles. The molecular weight excluding hydrogens is 336 g/mol. The minimum absolute atomic E-state index is 0.0667. The summed E-state index contributed by atoms with van der Waals surface area (Å²) in [5.74, 6) is 1.31. The van der Waals surface area contributed by atoms with E-state index < -0.39 is 6.10 Å². The summed E-state index contributed by atoms with van der Waals surface area (Å²) in [6, 6.07) is 16.6. The minimum Gasteiger partial charge on any atom is -0.481 e.